The molecule has 0 saturated heterocycles. The smallest absolute Gasteiger partial charge is 0.231 e. The van der Waals surface area contributed by atoms with Gasteiger partial charge in [-0.2, -0.15) is 0 Å². The largest absolute Gasteiger partial charge is 0.436 e. The number of hydrogen-bond donors (Lipinski definition) is 1. The van der Waals surface area contributed by atoms with E-state index in [1.165, 1.54) is 35.9 Å². The van der Waals surface area contributed by atoms with Gasteiger partial charge in [0.1, 0.15) is 17.0 Å². The summed E-state index contributed by atoms with van der Waals surface area (Å²) in [6.45, 7) is 0. The number of rotatable bonds is 2. The van der Waals surface area contributed by atoms with Gasteiger partial charge >= 0.3 is 0 Å². The Balaban J connectivity index is 2.03. The third kappa shape index (κ3) is 1.86. The molecular weight excluding hydrogens is 253 g/mol. The SMILES string of the molecule is Nc1cc(F)ccc1Oc1ncnc2sccc12. The maximum atomic E-state index is 12.9. The molecule has 90 valence electrons. The van der Waals surface area contributed by atoms with Crippen LogP contribution in [0.25, 0.3) is 10.2 Å². The van der Waals surface area contributed by atoms with Crippen LogP contribution in [0.4, 0.5) is 10.1 Å². The molecule has 0 bridgehead atoms. The van der Waals surface area contributed by atoms with E-state index in [2.05, 4.69) is 9.97 Å². The average molecular weight is 261 g/mol. The first-order valence-corrected chi connectivity index (χ1v) is 6.03. The first-order valence-electron chi connectivity index (χ1n) is 5.15. The molecule has 2 N–H and O–H groups in total. The number of nitrogens with two attached hydrogens (primary N) is 1. The highest BCUT2D eigenvalue weighted by Gasteiger charge is 2.09. The molecule has 0 atom stereocenters. The van der Waals surface area contributed by atoms with Crippen molar-refractivity contribution in [1.29, 1.82) is 0 Å². The molecule has 4 nitrogen and oxygen atoms in total. The number of aromatic nitrogens is 2. The molecule has 2 heterocycles. The minimum atomic E-state index is -0.400. The second-order valence-electron chi connectivity index (χ2n) is 3.60. The lowest BCUT2D eigenvalue weighted by Crippen LogP contribution is -1.95. The van der Waals surface area contributed by atoms with E-state index in [9.17, 15) is 4.39 Å². The van der Waals surface area contributed by atoms with Crippen LogP contribution in [0.15, 0.2) is 36.0 Å². The summed E-state index contributed by atoms with van der Waals surface area (Å²) in [5.74, 6) is 0.394. The number of thiophene rings is 1. The number of nitrogen functional groups attached to an aromatic ring is 1. The third-order valence-corrected chi connectivity index (χ3v) is 3.22. The summed E-state index contributed by atoms with van der Waals surface area (Å²) in [6, 6.07) is 5.85. The second-order valence-corrected chi connectivity index (χ2v) is 4.50. The number of fused-ring (bicyclic) bond motifs is 1. The van der Waals surface area contributed by atoms with Crippen LogP contribution in [-0.2, 0) is 0 Å². The van der Waals surface area contributed by atoms with Crippen molar-refractivity contribution in [2.75, 3.05) is 5.73 Å². The van der Waals surface area contributed by atoms with Gasteiger partial charge in [-0.15, -0.1) is 11.3 Å². The molecule has 0 aliphatic rings. The second kappa shape index (κ2) is 4.23. The predicted molar refractivity (Wildman–Crippen MR) is 68.3 cm³/mol. The maximum Gasteiger partial charge on any atom is 0.231 e. The molecule has 2 aromatic heterocycles. The van der Waals surface area contributed by atoms with Crippen LogP contribution >= 0.6 is 11.3 Å². The van der Waals surface area contributed by atoms with E-state index < -0.39 is 5.82 Å². The highest BCUT2D eigenvalue weighted by molar-refractivity contribution is 7.16. The summed E-state index contributed by atoms with van der Waals surface area (Å²) in [4.78, 5) is 9.01. The number of anilines is 1. The van der Waals surface area contributed by atoms with Crippen molar-refractivity contribution in [3.63, 3.8) is 0 Å². The summed E-state index contributed by atoms with van der Waals surface area (Å²) in [7, 11) is 0. The Labute approximate surface area is 106 Å². The lowest BCUT2D eigenvalue weighted by Gasteiger charge is -2.07. The number of hydrogen-bond acceptors (Lipinski definition) is 5. The van der Waals surface area contributed by atoms with Crippen LogP contribution in [0.1, 0.15) is 0 Å². The normalized spacial score (nSPS) is 10.7. The van der Waals surface area contributed by atoms with E-state index in [0.29, 0.717) is 11.6 Å². The molecule has 18 heavy (non-hydrogen) atoms. The van der Waals surface area contributed by atoms with Gasteiger partial charge < -0.3 is 10.5 Å². The zero-order valence-electron chi connectivity index (χ0n) is 9.13. The fourth-order valence-corrected chi connectivity index (χ4v) is 2.29. The molecule has 0 fully saturated rings. The maximum absolute atomic E-state index is 12.9. The van der Waals surface area contributed by atoms with Crippen LogP contribution < -0.4 is 10.5 Å². The van der Waals surface area contributed by atoms with Crippen LogP contribution in [0.5, 0.6) is 11.6 Å². The van der Waals surface area contributed by atoms with Crippen molar-refractivity contribution in [3.05, 3.63) is 41.8 Å². The summed E-state index contributed by atoms with van der Waals surface area (Å²) < 4.78 is 18.5. The first-order chi connectivity index (χ1) is 8.74. The third-order valence-electron chi connectivity index (χ3n) is 2.40. The molecule has 0 spiro atoms. The molecule has 3 aromatic rings. The van der Waals surface area contributed by atoms with Gasteiger partial charge in [-0.3, -0.25) is 0 Å². The zero-order valence-corrected chi connectivity index (χ0v) is 9.95. The topological polar surface area (TPSA) is 61.0 Å². The monoisotopic (exact) mass is 261 g/mol. The summed E-state index contributed by atoms with van der Waals surface area (Å²) in [5.41, 5.74) is 5.92. The Morgan fingerprint density at radius 1 is 1.22 bits per heavy atom. The zero-order chi connectivity index (χ0) is 12.5. The van der Waals surface area contributed by atoms with E-state index in [-0.39, 0.29) is 5.69 Å². The number of benzene rings is 1. The quantitative estimate of drug-likeness (QED) is 0.719. The lowest BCUT2D eigenvalue weighted by molar-refractivity contribution is 0.469. The fraction of sp³-hybridized carbons (Fsp3) is 0. The van der Waals surface area contributed by atoms with E-state index >= 15 is 0 Å². The minimum absolute atomic E-state index is 0.233. The van der Waals surface area contributed by atoms with E-state index in [0.717, 1.165) is 10.2 Å². The Hall–Kier alpha value is -2.21. The molecule has 6 heteroatoms. The molecule has 0 aliphatic carbocycles. The van der Waals surface area contributed by atoms with Gasteiger partial charge in [-0.05, 0) is 23.6 Å². The van der Waals surface area contributed by atoms with Crippen molar-refractivity contribution < 1.29 is 9.13 Å². The predicted octanol–water partition coefficient (Wildman–Crippen LogP) is 3.20. The van der Waals surface area contributed by atoms with Crippen LogP contribution in [0.3, 0.4) is 0 Å². The molecular formula is C12H8FN3OS. The Morgan fingerprint density at radius 2 is 2.11 bits per heavy atom. The van der Waals surface area contributed by atoms with Crippen molar-refractivity contribution in [2.45, 2.75) is 0 Å². The van der Waals surface area contributed by atoms with Gasteiger partial charge in [-0.1, -0.05) is 0 Å². The van der Waals surface area contributed by atoms with Crippen LogP contribution in [0, 0.1) is 5.82 Å². The molecule has 0 radical (unpaired) electrons. The number of nitrogens with zero attached hydrogens (tertiary/aromatic N) is 2. The molecule has 0 saturated carbocycles. The van der Waals surface area contributed by atoms with Gasteiger partial charge in [0.25, 0.3) is 0 Å². The van der Waals surface area contributed by atoms with E-state index in [4.69, 9.17) is 10.5 Å². The van der Waals surface area contributed by atoms with Gasteiger partial charge in [0, 0.05) is 6.07 Å². The molecule has 0 unspecified atom stereocenters. The minimum Gasteiger partial charge on any atom is -0.436 e. The lowest BCUT2D eigenvalue weighted by atomic mass is 10.3. The van der Waals surface area contributed by atoms with Crippen LogP contribution in [-0.4, -0.2) is 9.97 Å². The number of ether oxygens (including phenoxy) is 1. The number of halogens is 1. The van der Waals surface area contributed by atoms with Crippen molar-refractivity contribution in [2.24, 2.45) is 0 Å². The fourth-order valence-electron chi connectivity index (χ4n) is 1.57. The molecule has 1 aromatic carbocycles. The Kier molecular flexibility index (Phi) is 2.56. The first kappa shape index (κ1) is 10.9. The average Bonchev–Trinajstić information content (AvgIpc) is 2.82. The standard InChI is InChI=1S/C12H8FN3OS/c13-7-1-2-10(9(14)5-7)17-11-8-3-4-18-12(8)16-6-15-11/h1-6H,14H2. The van der Waals surface area contributed by atoms with Crippen LogP contribution in [0.2, 0.25) is 0 Å². The van der Waals surface area contributed by atoms with Crippen molar-refractivity contribution in [1.82, 2.24) is 9.97 Å². The highest BCUT2D eigenvalue weighted by atomic mass is 32.1. The van der Waals surface area contributed by atoms with E-state index in [1.807, 2.05) is 11.4 Å². The summed E-state index contributed by atoms with van der Waals surface area (Å²) in [5, 5.41) is 2.71. The highest BCUT2D eigenvalue weighted by Crippen LogP contribution is 2.32. The van der Waals surface area contributed by atoms with Crippen molar-refractivity contribution >= 4 is 27.2 Å². The van der Waals surface area contributed by atoms with Gasteiger partial charge in [0.15, 0.2) is 5.75 Å². The van der Waals surface area contributed by atoms with Crippen molar-refractivity contribution in [3.8, 4) is 11.6 Å². The van der Waals surface area contributed by atoms with Gasteiger partial charge in [0.05, 0.1) is 11.1 Å². The van der Waals surface area contributed by atoms with E-state index in [1.54, 1.807) is 0 Å². The summed E-state index contributed by atoms with van der Waals surface area (Å²) in [6.07, 6.45) is 1.42. The Bertz CT molecular complexity index is 713. The summed E-state index contributed by atoms with van der Waals surface area (Å²) >= 11 is 1.50. The van der Waals surface area contributed by atoms with Gasteiger partial charge in [-0.25, -0.2) is 14.4 Å². The Morgan fingerprint density at radius 3 is 2.94 bits per heavy atom. The molecule has 3 rings (SSSR count). The van der Waals surface area contributed by atoms with Gasteiger partial charge in [0.2, 0.25) is 5.88 Å². The molecule has 0 amide bonds. The molecule has 0 aliphatic heterocycles.